The zero-order chi connectivity index (χ0) is 17.8. The minimum atomic E-state index is -0.154. The summed E-state index contributed by atoms with van der Waals surface area (Å²) in [5, 5.41) is 0. The number of carbonyl (C=O) groups is 2. The van der Waals surface area contributed by atoms with Gasteiger partial charge < -0.3 is 4.74 Å². The zero-order valence-corrected chi connectivity index (χ0v) is 15.8. The van der Waals surface area contributed by atoms with Crippen molar-refractivity contribution in [1.29, 1.82) is 0 Å². The molecule has 3 nitrogen and oxygen atoms in total. The number of fused-ring (bicyclic) bond motifs is 5. The minimum absolute atomic E-state index is 0.0505. The van der Waals surface area contributed by atoms with E-state index in [1.807, 2.05) is 6.92 Å². The molecule has 0 radical (unpaired) electrons. The van der Waals surface area contributed by atoms with Gasteiger partial charge in [0, 0.05) is 18.3 Å². The molecule has 5 atom stereocenters. The van der Waals surface area contributed by atoms with Crippen LogP contribution in [0.5, 0.6) is 0 Å². The Balaban J connectivity index is 1.58. The lowest BCUT2D eigenvalue weighted by Crippen LogP contribution is -2.50. The molecule has 0 spiro atoms. The number of hydrogen-bond acceptors (Lipinski definition) is 3. The predicted octanol–water partition coefficient (Wildman–Crippen LogP) is 4.97. The standard InChI is InChI=1S/C22H30O3/c1-4-20(24)25-15-9-11-21(2)14(13-15)5-6-16-17-7-8-19(23)22(17,3)12-10-18(16)21/h9,13,16-18H,4-8,10-12H2,1-3H3/t16-,17-,18-,21-,22-/m0/s1. The van der Waals surface area contributed by atoms with E-state index in [4.69, 9.17) is 4.74 Å². The van der Waals surface area contributed by atoms with Gasteiger partial charge in [-0.05, 0) is 73.8 Å². The first-order valence-corrected chi connectivity index (χ1v) is 10.0. The lowest BCUT2D eigenvalue weighted by molar-refractivity contribution is -0.138. The summed E-state index contributed by atoms with van der Waals surface area (Å²) in [6, 6.07) is 0. The number of esters is 1. The topological polar surface area (TPSA) is 43.4 Å². The van der Waals surface area contributed by atoms with Gasteiger partial charge >= 0.3 is 5.97 Å². The van der Waals surface area contributed by atoms with Crippen molar-refractivity contribution in [2.75, 3.05) is 0 Å². The summed E-state index contributed by atoms with van der Waals surface area (Å²) in [6.07, 6.45) is 12.0. The quantitative estimate of drug-likeness (QED) is 0.666. The Bertz CT molecular complexity index is 673. The van der Waals surface area contributed by atoms with Crippen molar-refractivity contribution in [2.45, 2.75) is 72.1 Å². The molecule has 3 heteroatoms. The SMILES string of the molecule is CCC(=O)OC1=CC[C@@]2(C)C(=C1)CC[C@@H]1[C@@H]2CC[C@]2(C)C(=O)CC[C@@H]12. The maximum absolute atomic E-state index is 12.5. The van der Waals surface area contributed by atoms with Crippen LogP contribution in [0.25, 0.3) is 0 Å². The van der Waals surface area contributed by atoms with Gasteiger partial charge in [-0.3, -0.25) is 9.59 Å². The van der Waals surface area contributed by atoms with Gasteiger partial charge in [-0.15, -0.1) is 0 Å². The highest BCUT2D eigenvalue weighted by atomic mass is 16.5. The van der Waals surface area contributed by atoms with E-state index in [9.17, 15) is 9.59 Å². The summed E-state index contributed by atoms with van der Waals surface area (Å²) < 4.78 is 5.47. The van der Waals surface area contributed by atoms with Crippen LogP contribution in [-0.2, 0) is 14.3 Å². The molecule has 0 aromatic rings. The molecule has 0 aromatic heterocycles. The van der Waals surface area contributed by atoms with Crippen molar-refractivity contribution >= 4 is 11.8 Å². The number of ether oxygens (including phenoxy) is 1. The van der Waals surface area contributed by atoms with Crippen molar-refractivity contribution in [3.8, 4) is 0 Å². The molecular weight excluding hydrogens is 312 g/mol. The Morgan fingerprint density at radius 3 is 2.68 bits per heavy atom. The van der Waals surface area contributed by atoms with Gasteiger partial charge in [-0.1, -0.05) is 26.3 Å². The largest absolute Gasteiger partial charge is 0.427 e. The highest BCUT2D eigenvalue weighted by molar-refractivity contribution is 5.87. The van der Waals surface area contributed by atoms with Crippen LogP contribution in [0.3, 0.4) is 0 Å². The number of allylic oxidation sites excluding steroid dienone is 3. The summed E-state index contributed by atoms with van der Waals surface area (Å²) in [7, 11) is 0. The summed E-state index contributed by atoms with van der Waals surface area (Å²) in [5.41, 5.74) is 1.59. The normalized spacial score (nSPS) is 42.7. The Hall–Kier alpha value is -1.38. The lowest BCUT2D eigenvalue weighted by atomic mass is 9.48. The van der Waals surface area contributed by atoms with Crippen LogP contribution < -0.4 is 0 Å². The molecule has 0 heterocycles. The molecule has 0 bridgehead atoms. The first kappa shape index (κ1) is 17.1. The summed E-state index contributed by atoms with van der Waals surface area (Å²) in [4.78, 5) is 24.1. The molecule has 4 aliphatic rings. The smallest absolute Gasteiger partial charge is 0.310 e. The Morgan fingerprint density at radius 2 is 1.92 bits per heavy atom. The zero-order valence-electron chi connectivity index (χ0n) is 15.8. The number of hydrogen-bond donors (Lipinski definition) is 0. The van der Waals surface area contributed by atoms with Crippen LogP contribution in [-0.4, -0.2) is 11.8 Å². The molecule has 3 saturated carbocycles. The van der Waals surface area contributed by atoms with Crippen molar-refractivity contribution < 1.29 is 14.3 Å². The third kappa shape index (κ3) is 2.45. The van der Waals surface area contributed by atoms with E-state index in [0.29, 0.717) is 30.0 Å². The van der Waals surface area contributed by atoms with Gasteiger partial charge in [0.15, 0.2) is 0 Å². The van der Waals surface area contributed by atoms with E-state index < -0.39 is 0 Å². The second-order valence-electron chi connectivity index (χ2n) is 9.06. The molecule has 0 saturated heterocycles. The average Bonchev–Trinajstić information content (AvgIpc) is 2.90. The lowest BCUT2D eigenvalue weighted by Gasteiger charge is -2.56. The molecular formula is C22H30O3. The highest BCUT2D eigenvalue weighted by Gasteiger charge is 2.58. The van der Waals surface area contributed by atoms with Crippen molar-refractivity contribution in [2.24, 2.45) is 28.6 Å². The number of rotatable bonds is 2. The fourth-order valence-electron chi connectivity index (χ4n) is 6.44. The molecule has 136 valence electrons. The molecule has 0 aromatic carbocycles. The van der Waals surface area contributed by atoms with E-state index in [1.54, 1.807) is 0 Å². The van der Waals surface area contributed by atoms with Crippen molar-refractivity contribution in [1.82, 2.24) is 0 Å². The molecule has 0 amide bonds. The molecule has 0 N–H and O–H groups in total. The predicted molar refractivity (Wildman–Crippen MR) is 96.6 cm³/mol. The van der Waals surface area contributed by atoms with Gasteiger partial charge in [0.2, 0.25) is 0 Å². The molecule has 25 heavy (non-hydrogen) atoms. The fraction of sp³-hybridized carbons (Fsp3) is 0.727. The van der Waals surface area contributed by atoms with Crippen molar-refractivity contribution in [3.63, 3.8) is 0 Å². The number of carbonyl (C=O) groups excluding carboxylic acids is 2. The Labute approximate surface area is 150 Å². The van der Waals surface area contributed by atoms with Crippen molar-refractivity contribution in [3.05, 3.63) is 23.5 Å². The minimum Gasteiger partial charge on any atom is -0.427 e. The van der Waals surface area contributed by atoms with Gasteiger partial charge in [0.05, 0.1) is 0 Å². The van der Waals surface area contributed by atoms with Gasteiger partial charge in [0.25, 0.3) is 0 Å². The molecule has 3 fully saturated rings. The number of ketones is 1. The van der Waals surface area contributed by atoms with E-state index in [1.165, 1.54) is 12.0 Å². The van der Waals surface area contributed by atoms with E-state index in [2.05, 4.69) is 26.0 Å². The summed E-state index contributed by atoms with van der Waals surface area (Å²) >= 11 is 0. The Kier molecular flexibility index (Phi) is 3.97. The summed E-state index contributed by atoms with van der Waals surface area (Å²) in [6.45, 7) is 6.47. The second kappa shape index (κ2) is 5.82. The maximum Gasteiger partial charge on any atom is 0.310 e. The maximum atomic E-state index is 12.5. The molecule has 0 unspecified atom stereocenters. The first-order valence-electron chi connectivity index (χ1n) is 10.0. The summed E-state index contributed by atoms with van der Waals surface area (Å²) in [5.74, 6) is 3.03. The monoisotopic (exact) mass is 342 g/mol. The highest BCUT2D eigenvalue weighted by Crippen LogP contribution is 2.64. The van der Waals surface area contributed by atoms with E-state index >= 15 is 0 Å². The molecule has 4 rings (SSSR count). The third-order valence-corrected chi connectivity index (χ3v) is 8.01. The van der Waals surface area contributed by atoms with Crippen LogP contribution in [0, 0.1) is 28.6 Å². The average molecular weight is 342 g/mol. The van der Waals surface area contributed by atoms with E-state index in [-0.39, 0.29) is 16.8 Å². The third-order valence-electron chi connectivity index (χ3n) is 8.01. The molecule has 4 aliphatic carbocycles. The van der Waals surface area contributed by atoms with Crippen LogP contribution >= 0.6 is 0 Å². The molecule has 0 aliphatic heterocycles. The van der Waals surface area contributed by atoms with Gasteiger partial charge in [-0.25, -0.2) is 0 Å². The van der Waals surface area contributed by atoms with Crippen LogP contribution in [0.2, 0.25) is 0 Å². The van der Waals surface area contributed by atoms with Gasteiger partial charge in [-0.2, -0.15) is 0 Å². The van der Waals surface area contributed by atoms with E-state index in [0.717, 1.165) is 44.3 Å². The van der Waals surface area contributed by atoms with Crippen LogP contribution in [0.15, 0.2) is 23.5 Å². The van der Waals surface area contributed by atoms with Crippen LogP contribution in [0.1, 0.15) is 72.1 Å². The number of Topliss-reactive ketones (excluding diaryl/α,β-unsaturated/α-hetero) is 1. The van der Waals surface area contributed by atoms with Crippen LogP contribution in [0.4, 0.5) is 0 Å². The Morgan fingerprint density at radius 1 is 1.16 bits per heavy atom. The van der Waals surface area contributed by atoms with Gasteiger partial charge in [0.1, 0.15) is 11.5 Å². The first-order chi connectivity index (χ1) is 11.9. The fourth-order valence-corrected chi connectivity index (χ4v) is 6.44. The second-order valence-corrected chi connectivity index (χ2v) is 9.06.